The highest BCUT2D eigenvalue weighted by molar-refractivity contribution is 5.73. The molecular weight excluding hydrogens is 320 g/mol. The van der Waals surface area contributed by atoms with Gasteiger partial charge in [0.2, 0.25) is 0 Å². The Balaban J connectivity index is 2.84. The predicted molar refractivity (Wildman–Crippen MR) is 98.2 cm³/mol. The third-order valence-electron chi connectivity index (χ3n) is 3.08. The molecule has 0 aliphatic rings. The largest absolute Gasteiger partial charge is 0.460 e. The molecule has 25 heavy (non-hydrogen) atoms. The Morgan fingerprint density at radius 3 is 2.12 bits per heavy atom. The number of amides is 1. The Bertz CT molecular complexity index is 570. The van der Waals surface area contributed by atoms with Crippen molar-refractivity contribution in [3.63, 3.8) is 0 Å². The average molecular weight is 350 g/mol. The summed E-state index contributed by atoms with van der Waals surface area (Å²) >= 11 is 0. The number of nitrogen functional groups attached to an aromatic ring is 1. The van der Waals surface area contributed by atoms with Crippen LogP contribution in [-0.4, -0.2) is 29.3 Å². The molecule has 1 atom stereocenters. The number of nitrogens with one attached hydrogen (secondary N) is 1. The Morgan fingerprint density at radius 1 is 1.04 bits per heavy atom. The molecule has 0 spiro atoms. The Kier molecular flexibility index (Phi) is 6.85. The lowest BCUT2D eigenvalue weighted by Crippen LogP contribution is -2.42. The summed E-state index contributed by atoms with van der Waals surface area (Å²) in [6.45, 7) is 10.8. The van der Waals surface area contributed by atoms with E-state index in [0.29, 0.717) is 12.1 Å². The number of esters is 1. The summed E-state index contributed by atoms with van der Waals surface area (Å²) in [7, 11) is 0. The molecule has 0 saturated heterocycles. The molecule has 0 saturated carbocycles. The van der Waals surface area contributed by atoms with Gasteiger partial charge >= 0.3 is 12.1 Å². The van der Waals surface area contributed by atoms with E-state index in [-0.39, 0.29) is 12.4 Å². The van der Waals surface area contributed by atoms with Gasteiger partial charge < -0.3 is 20.5 Å². The molecule has 1 aromatic rings. The first-order valence-corrected chi connectivity index (χ1v) is 8.40. The van der Waals surface area contributed by atoms with Gasteiger partial charge in [-0.3, -0.25) is 4.79 Å². The summed E-state index contributed by atoms with van der Waals surface area (Å²) < 4.78 is 10.6. The second-order valence-corrected chi connectivity index (χ2v) is 8.04. The molecular formula is C19H30N2O4. The SMILES string of the molecule is CC(C)(C)OC(=O)C[C@@H](Cc1ccccc1N)NC(=O)OC(C)(C)C. The maximum atomic E-state index is 12.2. The van der Waals surface area contributed by atoms with Crippen LogP contribution in [0.5, 0.6) is 0 Å². The van der Waals surface area contributed by atoms with Gasteiger partial charge in [-0.25, -0.2) is 4.79 Å². The molecule has 1 amide bonds. The molecule has 3 N–H and O–H groups in total. The van der Waals surface area contributed by atoms with Gasteiger partial charge in [-0.2, -0.15) is 0 Å². The first kappa shape index (κ1) is 20.8. The predicted octanol–water partition coefficient (Wildman–Crippen LogP) is 3.44. The van der Waals surface area contributed by atoms with Crippen molar-refractivity contribution in [1.29, 1.82) is 0 Å². The maximum Gasteiger partial charge on any atom is 0.407 e. The first-order chi connectivity index (χ1) is 11.4. The molecule has 6 heteroatoms. The fourth-order valence-electron chi connectivity index (χ4n) is 2.22. The van der Waals surface area contributed by atoms with Crippen molar-refractivity contribution in [3.05, 3.63) is 29.8 Å². The van der Waals surface area contributed by atoms with Gasteiger partial charge in [0.15, 0.2) is 0 Å². The van der Waals surface area contributed by atoms with Gasteiger partial charge in [0.05, 0.1) is 6.42 Å². The number of ether oxygens (including phenoxy) is 2. The quantitative estimate of drug-likeness (QED) is 0.627. The minimum atomic E-state index is -0.619. The third-order valence-corrected chi connectivity index (χ3v) is 3.08. The summed E-state index contributed by atoms with van der Waals surface area (Å²) in [6.07, 6.45) is -0.133. The van der Waals surface area contributed by atoms with Gasteiger partial charge in [0.25, 0.3) is 0 Å². The van der Waals surface area contributed by atoms with Gasteiger partial charge in [-0.1, -0.05) is 18.2 Å². The first-order valence-electron chi connectivity index (χ1n) is 8.40. The number of alkyl carbamates (subject to hydrolysis) is 1. The summed E-state index contributed by atoms with van der Waals surface area (Å²) in [5, 5.41) is 2.75. The van der Waals surface area contributed by atoms with Crippen molar-refractivity contribution in [1.82, 2.24) is 5.32 Å². The van der Waals surface area contributed by atoms with Gasteiger partial charge in [0.1, 0.15) is 11.2 Å². The number of hydrogen-bond acceptors (Lipinski definition) is 5. The monoisotopic (exact) mass is 350 g/mol. The summed E-state index contributed by atoms with van der Waals surface area (Å²) in [6, 6.07) is 6.88. The number of anilines is 1. The van der Waals surface area contributed by atoms with E-state index in [9.17, 15) is 9.59 Å². The molecule has 0 bridgehead atoms. The molecule has 0 unspecified atom stereocenters. The van der Waals surface area contributed by atoms with Crippen molar-refractivity contribution in [3.8, 4) is 0 Å². The fraction of sp³-hybridized carbons (Fsp3) is 0.579. The van der Waals surface area contributed by atoms with Crippen LogP contribution in [0.2, 0.25) is 0 Å². The van der Waals surface area contributed by atoms with Crippen molar-refractivity contribution in [2.45, 2.75) is 71.6 Å². The van der Waals surface area contributed by atoms with Crippen LogP contribution in [0, 0.1) is 0 Å². The Hall–Kier alpha value is -2.24. The topological polar surface area (TPSA) is 90.6 Å². The average Bonchev–Trinajstić information content (AvgIpc) is 2.36. The van der Waals surface area contributed by atoms with E-state index in [2.05, 4.69) is 5.32 Å². The highest BCUT2D eigenvalue weighted by Gasteiger charge is 2.25. The zero-order valence-electron chi connectivity index (χ0n) is 16.0. The number of para-hydroxylation sites is 1. The smallest absolute Gasteiger partial charge is 0.407 e. The molecule has 140 valence electrons. The van der Waals surface area contributed by atoms with Gasteiger partial charge in [0, 0.05) is 11.7 Å². The normalized spacial score (nSPS) is 13.0. The minimum Gasteiger partial charge on any atom is -0.460 e. The Morgan fingerprint density at radius 2 is 1.60 bits per heavy atom. The number of benzene rings is 1. The van der Waals surface area contributed by atoms with Crippen LogP contribution in [-0.2, 0) is 20.7 Å². The Labute approximate surface area is 150 Å². The van der Waals surface area contributed by atoms with E-state index >= 15 is 0 Å². The molecule has 0 heterocycles. The molecule has 1 aromatic carbocycles. The van der Waals surface area contributed by atoms with Crippen LogP contribution >= 0.6 is 0 Å². The number of hydrogen-bond donors (Lipinski definition) is 2. The number of nitrogens with two attached hydrogens (primary N) is 1. The summed E-state index contributed by atoms with van der Waals surface area (Å²) in [4.78, 5) is 24.3. The molecule has 0 aliphatic heterocycles. The number of rotatable bonds is 5. The second-order valence-electron chi connectivity index (χ2n) is 8.04. The van der Waals surface area contributed by atoms with Crippen molar-refractivity contribution in [2.75, 3.05) is 5.73 Å². The van der Waals surface area contributed by atoms with Crippen LogP contribution in [0.3, 0.4) is 0 Å². The van der Waals surface area contributed by atoms with E-state index in [4.69, 9.17) is 15.2 Å². The molecule has 0 fully saturated rings. The number of carbonyl (C=O) groups is 2. The number of carbonyl (C=O) groups excluding carboxylic acids is 2. The highest BCUT2D eigenvalue weighted by atomic mass is 16.6. The van der Waals surface area contributed by atoms with Crippen molar-refractivity contribution in [2.24, 2.45) is 0 Å². The zero-order chi connectivity index (χ0) is 19.3. The second kappa shape index (κ2) is 8.23. The van der Waals surface area contributed by atoms with Crippen molar-refractivity contribution < 1.29 is 19.1 Å². The third kappa shape index (κ3) is 8.98. The molecule has 0 radical (unpaired) electrons. The molecule has 6 nitrogen and oxygen atoms in total. The highest BCUT2D eigenvalue weighted by Crippen LogP contribution is 2.17. The lowest BCUT2D eigenvalue weighted by molar-refractivity contribution is -0.155. The van der Waals surface area contributed by atoms with Crippen molar-refractivity contribution >= 4 is 17.7 Å². The fourth-order valence-corrected chi connectivity index (χ4v) is 2.22. The van der Waals surface area contributed by atoms with E-state index in [0.717, 1.165) is 5.56 Å². The maximum absolute atomic E-state index is 12.2. The van der Waals surface area contributed by atoms with E-state index in [1.165, 1.54) is 0 Å². The van der Waals surface area contributed by atoms with Gasteiger partial charge in [-0.05, 0) is 59.6 Å². The van der Waals surface area contributed by atoms with Crippen LogP contribution in [0.15, 0.2) is 24.3 Å². The standard InChI is InChI=1S/C19H30N2O4/c1-18(2,3)24-16(22)12-14(21-17(23)25-19(4,5)6)11-13-9-7-8-10-15(13)20/h7-10,14H,11-12,20H2,1-6H3,(H,21,23)/t14-/m1/s1. The summed E-state index contributed by atoms with van der Waals surface area (Å²) in [5.41, 5.74) is 6.24. The van der Waals surface area contributed by atoms with E-state index < -0.39 is 23.3 Å². The molecule has 0 aliphatic carbocycles. The van der Waals surface area contributed by atoms with E-state index in [1.54, 1.807) is 47.6 Å². The van der Waals surface area contributed by atoms with Gasteiger partial charge in [-0.15, -0.1) is 0 Å². The van der Waals surface area contributed by atoms with Crippen LogP contribution < -0.4 is 11.1 Å². The lowest BCUT2D eigenvalue weighted by Gasteiger charge is -2.25. The lowest BCUT2D eigenvalue weighted by atomic mass is 10.0. The summed E-state index contributed by atoms with van der Waals surface area (Å²) in [5.74, 6) is -0.386. The van der Waals surface area contributed by atoms with Crippen LogP contribution in [0.4, 0.5) is 10.5 Å². The molecule has 0 aromatic heterocycles. The van der Waals surface area contributed by atoms with Crippen LogP contribution in [0.25, 0.3) is 0 Å². The zero-order valence-corrected chi connectivity index (χ0v) is 16.0. The molecule has 1 rings (SSSR count). The van der Waals surface area contributed by atoms with Crippen LogP contribution in [0.1, 0.15) is 53.5 Å². The minimum absolute atomic E-state index is 0.0326. The van der Waals surface area contributed by atoms with E-state index in [1.807, 2.05) is 18.2 Å².